The van der Waals surface area contributed by atoms with Crippen molar-refractivity contribution < 1.29 is 0 Å². The van der Waals surface area contributed by atoms with E-state index >= 15 is 0 Å². The van der Waals surface area contributed by atoms with Crippen LogP contribution in [0.3, 0.4) is 0 Å². The molecule has 0 aliphatic rings. The van der Waals surface area contributed by atoms with Crippen LogP contribution in [-0.2, 0) is 0 Å². The monoisotopic (exact) mass is 288 g/mol. The zero-order valence-corrected chi connectivity index (χ0v) is 11.6. The largest absolute Gasteiger partial charge is 0.144 e. The lowest BCUT2D eigenvalue weighted by Gasteiger charge is -2.08. The van der Waals surface area contributed by atoms with Gasteiger partial charge in [-0.2, -0.15) is 0 Å². The lowest BCUT2D eigenvalue weighted by atomic mass is 10.1. The van der Waals surface area contributed by atoms with Crippen LogP contribution in [0, 0.1) is 0 Å². The van der Waals surface area contributed by atoms with E-state index in [4.69, 9.17) is 23.2 Å². The quantitative estimate of drug-likeness (QED) is 0.679. The summed E-state index contributed by atoms with van der Waals surface area (Å²) in [5.41, 5.74) is 2.29. The third-order valence-electron chi connectivity index (χ3n) is 2.27. The number of hydrogen-bond acceptors (Lipinski definition) is 2. The molecule has 0 aliphatic heterocycles. The molecule has 0 saturated heterocycles. The van der Waals surface area contributed by atoms with Gasteiger partial charge in [-0.05, 0) is 34.0 Å². The molecule has 0 aromatic carbocycles. The summed E-state index contributed by atoms with van der Waals surface area (Å²) in [6.45, 7) is 0. The number of thiophene rings is 2. The van der Waals surface area contributed by atoms with Crippen LogP contribution in [0.2, 0.25) is 0 Å². The molecule has 2 aromatic rings. The molecule has 0 bridgehead atoms. The predicted molar refractivity (Wildman–Crippen MR) is 76.9 cm³/mol. The summed E-state index contributed by atoms with van der Waals surface area (Å²) in [7, 11) is 0. The van der Waals surface area contributed by atoms with Crippen molar-refractivity contribution in [2.75, 3.05) is 11.8 Å². The van der Waals surface area contributed by atoms with E-state index < -0.39 is 0 Å². The van der Waals surface area contributed by atoms with Gasteiger partial charge in [0, 0.05) is 21.5 Å². The van der Waals surface area contributed by atoms with Gasteiger partial charge in [0.05, 0.1) is 0 Å². The minimum absolute atomic E-state index is 0.500. The van der Waals surface area contributed by atoms with E-state index in [0.717, 1.165) is 11.1 Å². The lowest BCUT2D eigenvalue weighted by molar-refractivity contribution is 1.64. The van der Waals surface area contributed by atoms with Gasteiger partial charge in [-0.3, -0.25) is 0 Å². The Labute approximate surface area is 113 Å². The van der Waals surface area contributed by atoms with Crippen LogP contribution in [0.4, 0.5) is 0 Å². The molecule has 4 heteroatoms. The highest BCUT2D eigenvalue weighted by Gasteiger charge is 2.11. The van der Waals surface area contributed by atoms with Crippen molar-refractivity contribution in [2.45, 2.75) is 0 Å². The topological polar surface area (TPSA) is 0 Å². The van der Waals surface area contributed by atoms with Gasteiger partial charge < -0.3 is 0 Å². The summed E-state index contributed by atoms with van der Waals surface area (Å²) in [5, 5.41) is 4.12. The van der Waals surface area contributed by atoms with Gasteiger partial charge in [0.15, 0.2) is 0 Å². The van der Waals surface area contributed by atoms with Gasteiger partial charge in [0.1, 0.15) is 0 Å². The first-order valence-corrected chi connectivity index (χ1v) is 7.61. The van der Waals surface area contributed by atoms with Crippen molar-refractivity contribution in [1.82, 2.24) is 0 Å². The molecule has 2 heterocycles. The second-order valence-electron chi connectivity index (χ2n) is 3.18. The van der Waals surface area contributed by atoms with E-state index in [1.54, 1.807) is 22.7 Å². The summed E-state index contributed by atoms with van der Waals surface area (Å²) >= 11 is 15.5. The maximum atomic E-state index is 6.04. The van der Waals surface area contributed by atoms with E-state index in [-0.39, 0.29) is 0 Å². The van der Waals surface area contributed by atoms with E-state index in [9.17, 15) is 0 Å². The first-order valence-electron chi connectivity index (χ1n) is 4.78. The Bertz CT molecular complexity index is 411. The van der Waals surface area contributed by atoms with E-state index in [1.165, 1.54) is 9.75 Å². The van der Waals surface area contributed by atoms with Gasteiger partial charge in [-0.15, -0.1) is 45.9 Å². The zero-order valence-electron chi connectivity index (χ0n) is 8.45. The highest BCUT2D eigenvalue weighted by Crippen LogP contribution is 2.32. The van der Waals surface area contributed by atoms with Crippen molar-refractivity contribution in [2.24, 2.45) is 0 Å². The molecule has 0 nitrogen and oxygen atoms in total. The number of alkyl halides is 2. The standard InChI is InChI=1S/C12H10Cl2S2/c13-7-9(11-3-1-5-15-11)10(8-14)12-4-2-6-16-12/h1-6H,7-8H2. The fourth-order valence-corrected chi connectivity index (χ4v) is 3.86. The molecule has 0 atom stereocenters. The van der Waals surface area contributed by atoms with Crippen LogP contribution < -0.4 is 0 Å². The molecule has 0 unspecified atom stereocenters. The Balaban J connectivity index is 2.50. The number of hydrogen-bond donors (Lipinski definition) is 0. The van der Waals surface area contributed by atoms with Crippen molar-refractivity contribution in [3.05, 3.63) is 44.8 Å². The molecule has 16 heavy (non-hydrogen) atoms. The maximum Gasteiger partial charge on any atom is 0.0491 e. The van der Waals surface area contributed by atoms with Gasteiger partial charge in [0.25, 0.3) is 0 Å². The molecule has 0 radical (unpaired) electrons. The zero-order chi connectivity index (χ0) is 11.4. The molecule has 84 valence electrons. The summed E-state index contributed by atoms with van der Waals surface area (Å²) in [4.78, 5) is 2.41. The molecular formula is C12H10Cl2S2. The summed E-state index contributed by atoms with van der Waals surface area (Å²) in [6, 6.07) is 8.24. The molecular weight excluding hydrogens is 279 g/mol. The van der Waals surface area contributed by atoms with Crippen molar-refractivity contribution in [3.63, 3.8) is 0 Å². The summed E-state index contributed by atoms with van der Waals surface area (Å²) in [6.07, 6.45) is 0. The Morgan fingerprint density at radius 2 is 1.31 bits per heavy atom. The van der Waals surface area contributed by atoms with Crippen LogP contribution >= 0.6 is 45.9 Å². The predicted octanol–water partition coefficient (Wildman–Crippen LogP) is 5.20. The van der Waals surface area contributed by atoms with E-state index in [0.29, 0.717) is 11.8 Å². The van der Waals surface area contributed by atoms with Crippen LogP contribution in [0.1, 0.15) is 9.75 Å². The maximum absolute atomic E-state index is 6.04. The third kappa shape index (κ3) is 2.51. The molecule has 2 aromatic heterocycles. The highest BCUT2D eigenvalue weighted by molar-refractivity contribution is 7.12. The van der Waals surface area contributed by atoms with Crippen LogP contribution in [-0.4, -0.2) is 11.8 Å². The molecule has 0 fully saturated rings. The molecule has 2 rings (SSSR count). The second kappa shape index (κ2) is 5.87. The van der Waals surface area contributed by atoms with Crippen LogP contribution in [0.15, 0.2) is 35.0 Å². The second-order valence-corrected chi connectivity index (χ2v) is 5.61. The Hall–Kier alpha value is -0.280. The first kappa shape index (κ1) is 12.2. The molecule has 0 N–H and O–H groups in total. The van der Waals surface area contributed by atoms with Gasteiger partial charge in [-0.25, -0.2) is 0 Å². The molecule has 0 spiro atoms. The van der Waals surface area contributed by atoms with E-state index in [1.807, 2.05) is 12.1 Å². The highest BCUT2D eigenvalue weighted by atomic mass is 35.5. The van der Waals surface area contributed by atoms with Gasteiger partial charge in [0.2, 0.25) is 0 Å². The average molecular weight is 289 g/mol. The Morgan fingerprint density at radius 1 is 0.875 bits per heavy atom. The Kier molecular flexibility index (Phi) is 4.47. The molecule has 0 saturated carbocycles. The minimum Gasteiger partial charge on any atom is -0.144 e. The average Bonchev–Trinajstić information content (AvgIpc) is 2.97. The first-order chi connectivity index (χ1) is 7.86. The van der Waals surface area contributed by atoms with Gasteiger partial charge in [-0.1, -0.05) is 12.1 Å². The summed E-state index contributed by atoms with van der Waals surface area (Å²) in [5.74, 6) is 1.00. The SMILES string of the molecule is ClCC(=C(CCl)c1cccs1)c1cccs1. The van der Waals surface area contributed by atoms with Crippen LogP contribution in [0.5, 0.6) is 0 Å². The smallest absolute Gasteiger partial charge is 0.0491 e. The van der Waals surface area contributed by atoms with Crippen molar-refractivity contribution in [3.8, 4) is 0 Å². The van der Waals surface area contributed by atoms with Crippen LogP contribution in [0.25, 0.3) is 11.1 Å². The third-order valence-corrected chi connectivity index (χ3v) is 4.66. The molecule has 0 amide bonds. The lowest BCUT2D eigenvalue weighted by Crippen LogP contribution is -1.91. The van der Waals surface area contributed by atoms with Gasteiger partial charge >= 0.3 is 0 Å². The normalized spacial score (nSPS) is 12.6. The van der Waals surface area contributed by atoms with E-state index in [2.05, 4.69) is 22.9 Å². The number of rotatable bonds is 4. The molecule has 0 aliphatic carbocycles. The fraction of sp³-hybridized carbons (Fsp3) is 0.167. The fourth-order valence-electron chi connectivity index (χ4n) is 1.49. The number of allylic oxidation sites excluding steroid dienone is 2. The number of halogens is 2. The minimum atomic E-state index is 0.500. The van der Waals surface area contributed by atoms with Crippen molar-refractivity contribution >= 4 is 57.0 Å². The van der Waals surface area contributed by atoms with Crippen molar-refractivity contribution in [1.29, 1.82) is 0 Å². The summed E-state index contributed by atoms with van der Waals surface area (Å²) < 4.78 is 0. The Morgan fingerprint density at radius 3 is 1.56 bits per heavy atom.